The average molecular weight is 454 g/mol. The van der Waals surface area contributed by atoms with Crippen LogP contribution in [0.1, 0.15) is 38.3 Å². The van der Waals surface area contributed by atoms with Gasteiger partial charge in [-0.1, -0.05) is 42.5 Å². The van der Waals surface area contributed by atoms with Gasteiger partial charge >= 0.3 is 5.97 Å². The van der Waals surface area contributed by atoms with Crippen molar-refractivity contribution in [1.82, 2.24) is 4.90 Å². The Hall–Kier alpha value is -4.26. The molecule has 2 aliphatic heterocycles. The first-order valence-electron chi connectivity index (χ1n) is 11.0. The van der Waals surface area contributed by atoms with Gasteiger partial charge in [0.05, 0.1) is 22.7 Å². The number of aryl methyl sites for hydroxylation is 1. The second-order valence-corrected chi connectivity index (χ2v) is 8.52. The maximum atomic E-state index is 12.8. The Morgan fingerprint density at radius 1 is 0.912 bits per heavy atom. The summed E-state index contributed by atoms with van der Waals surface area (Å²) in [7, 11) is 0. The number of amides is 3. The summed E-state index contributed by atoms with van der Waals surface area (Å²) in [5, 5.41) is 0. The summed E-state index contributed by atoms with van der Waals surface area (Å²) in [6, 6.07) is 21.1. The molecule has 5 rings (SSSR count). The Kier molecular flexibility index (Phi) is 5.45. The minimum Gasteiger partial charge on any atom is -0.426 e. The molecule has 1 atom stereocenters. The van der Waals surface area contributed by atoms with Gasteiger partial charge in [-0.3, -0.25) is 19.2 Å². The van der Waals surface area contributed by atoms with Crippen molar-refractivity contribution in [3.63, 3.8) is 0 Å². The molecule has 0 N–H and O–H groups in total. The summed E-state index contributed by atoms with van der Waals surface area (Å²) in [5.74, 6) is -1.56. The first kappa shape index (κ1) is 21.6. The maximum Gasteiger partial charge on any atom is 0.316 e. The van der Waals surface area contributed by atoms with E-state index in [1.54, 1.807) is 54.3 Å². The van der Waals surface area contributed by atoms with E-state index in [4.69, 9.17) is 4.74 Å². The number of likely N-dealkylation sites (tertiary alicyclic amines) is 1. The van der Waals surface area contributed by atoms with Crippen LogP contribution in [-0.4, -0.2) is 35.1 Å². The molecule has 3 aromatic rings. The number of hydrogen-bond acceptors (Lipinski definition) is 5. The van der Waals surface area contributed by atoms with Crippen LogP contribution in [0.2, 0.25) is 0 Å². The summed E-state index contributed by atoms with van der Waals surface area (Å²) in [5.41, 5.74) is 2.80. The highest BCUT2D eigenvalue weighted by molar-refractivity contribution is 6.34. The van der Waals surface area contributed by atoms with Crippen molar-refractivity contribution in [3.05, 3.63) is 95.1 Å². The Morgan fingerprint density at radius 3 is 2.21 bits per heavy atom. The van der Waals surface area contributed by atoms with E-state index in [9.17, 15) is 19.2 Å². The van der Waals surface area contributed by atoms with Gasteiger partial charge in [-0.05, 0) is 48.4 Å². The molecule has 0 unspecified atom stereocenters. The second-order valence-electron chi connectivity index (χ2n) is 8.52. The summed E-state index contributed by atoms with van der Waals surface area (Å²) in [4.78, 5) is 53.5. The van der Waals surface area contributed by atoms with E-state index < -0.39 is 11.9 Å². The number of nitrogens with zero attached hydrogens (tertiary/aromatic N) is 2. The van der Waals surface area contributed by atoms with Crippen LogP contribution >= 0.6 is 0 Å². The van der Waals surface area contributed by atoms with E-state index in [0.717, 1.165) is 10.5 Å². The van der Waals surface area contributed by atoms with Crippen molar-refractivity contribution in [2.24, 2.45) is 5.92 Å². The number of fused-ring (bicyclic) bond motifs is 1. The van der Waals surface area contributed by atoms with Crippen LogP contribution in [0.5, 0.6) is 5.75 Å². The second kappa shape index (κ2) is 8.59. The molecular weight excluding hydrogens is 432 g/mol. The molecule has 1 fully saturated rings. The zero-order valence-electron chi connectivity index (χ0n) is 18.6. The van der Waals surface area contributed by atoms with Crippen molar-refractivity contribution < 1.29 is 23.9 Å². The number of carbonyl (C=O) groups excluding carboxylic acids is 4. The lowest BCUT2D eigenvalue weighted by atomic mass is 10.1. The number of imide groups is 1. The molecule has 34 heavy (non-hydrogen) atoms. The van der Waals surface area contributed by atoms with Crippen molar-refractivity contribution in [2.45, 2.75) is 19.9 Å². The summed E-state index contributed by atoms with van der Waals surface area (Å²) >= 11 is 0. The van der Waals surface area contributed by atoms with Gasteiger partial charge in [0.1, 0.15) is 5.75 Å². The number of ether oxygens (including phenoxy) is 1. The van der Waals surface area contributed by atoms with E-state index in [1.807, 2.05) is 30.3 Å². The number of anilines is 1. The smallest absolute Gasteiger partial charge is 0.316 e. The van der Waals surface area contributed by atoms with Gasteiger partial charge in [-0.15, -0.1) is 0 Å². The molecule has 1 saturated heterocycles. The monoisotopic (exact) mass is 454 g/mol. The molecule has 170 valence electrons. The van der Waals surface area contributed by atoms with Crippen molar-refractivity contribution in [2.75, 3.05) is 11.4 Å². The molecule has 2 aliphatic rings. The van der Waals surface area contributed by atoms with Gasteiger partial charge in [-0.2, -0.15) is 0 Å². The number of esters is 1. The summed E-state index contributed by atoms with van der Waals surface area (Å²) in [6.45, 7) is 2.51. The van der Waals surface area contributed by atoms with Crippen molar-refractivity contribution in [3.8, 4) is 5.75 Å². The molecule has 0 spiro atoms. The van der Waals surface area contributed by atoms with Crippen LogP contribution in [0.4, 0.5) is 5.69 Å². The largest absolute Gasteiger partial charge is 0.426 e. The highest BCUT2D eigenvalue weighted by Crippen LogP contribution is 2.33. The molecule has 0 radical (unpaired) electrons. The van der Waals surface area contributed by atoms with Crippen LogP contribution in [0.25, 0.3) is 0 Å². The van der Waals surface area contributed by atoms with Crippen LogP contribution in [0, 0.1) is 12.8 Å². The summed E-state index contributed by atoms with van der Waals surface area (Å²) < 4.78 is 5.55. The van der Waals surface area contributed by atoms with Gasteiger partial charge in [0.25, 0.3) is 11.8 Å². The minimum atomic E-state index is -0.549. The molecule has 0 aliphatic carbocycles. The fourth-order valence-corrected chi connectivity index (χ4v) is 4.44. The molecule has 3 aromatic carbocycles. The third-order valence-electron chi connectivity index (χ3n) is 6.19. The number of rotatable bonds is 5. The van der Waals surface area contributed by atoms with E-state index in [0.29, 0.717) is 41.2 Å². The number of benzene rings is 3. The highest BCUT2D eigenvalue weighted by atomic mass is 16.5. The molecule has 7 heteroatoms. The van der Waals surface area contributed by atoms with Crippen LogP contribution in [0.3, 0.4) is 0 Å². The standard InChI is InChI=1S/C27H22N2O5/c1-17-13-20(11-12-23(17)29-25(31)21-9-5-6-10-22(21)26(29)32)34-27(33)19-14-24(30)28(16-19)15-18-7-3-2-4-8-18/h2-13,19H,14-16H2,1H3/t19-/m0/s1. The third kappa shape index (κ3) is 3.85. The fraction of sp³-hybridized carbons (Fsp3) is 0.185. The number of hydrogen-bond donors (Lipinski definition) is 0. The molecule has 2 heterocycles. The van der Waals surface area contributed by atoms with Crippen molar-refractivity contribution >= 4 is 29.4 Å². The lowest BCUT2D eigenvalue weighted by Crippen LogP contribution is -2.30. The molecule has 0 bridgehead atoms. The van der Waals surface area contributed by atoms with Gasteiger partial charge in [0.2, 0.25) is 5.91 Å². The topological polar surface area (TPSA) is 84.0 Å². The Balaban J connectivity index is 1.27. The molecule has 0 aromatic heterocycles. The first-order valence-corrected chi connectivity index (χ1v) is 11.0. The maximum absolute atomic E-state index is 12.8. The Morgan fingerprint density at radius 2 is 1.56 bits per heavy atom. The predicted octanol–water partition coefficient (Wildman–Crippen LogP) is 3.75. The lowest BCUT2D eigenvalue weighted by Gasteiger charge is -2.18. The molecule has 0 saturated carbocycles. The quantitative estimate of drug-likeness (QED) is 0.333. The van der Waals surface area contributed by atoms with E-state index >= 15 is 0 Å². The van der Waals surface area contributed by atoms with Crippen molar-refractivity contribution in [1.29, 1.82) is 0 Å². The van der Waals surface area contributed by atoms with Gasteiger partial charge in [0, 0.05) is 19.5 Å². The average Bonchev–Trinajstić information content (AvgIpc) is 3.32. The first-order chi connectivity index (χ1) is 16.4. The molecule has 3 amide bonds. The summed E-state index contributed by atoms with van der Waals surface area (Å²) in [6.07, 6.45) is 0.109. The fourth-order valence-electron chi connectivity index (χ4n) is 4.44. The lowest BCUT2D eigenvalue weighted by molar-refractivity contribution is -0.139. The highest BCUT2D eigenvalue weighted by Gasteiger charge is 2.38. The van der Waals surface area contributed by atoms with Crippen LogP contribution in [0.15, 0.2) is 72.8 Å². The zero-order valence-corrected chi connectivity index (χ0v) is 18.6. The molecule has 7 nitrogen and oxygen atoms in total. The van der Waals surface area contributed by atoms with Crippen LogP contribution in [-0.2, 0) is 16.1 Å². The normalized spacial score (nSPS) is 17.3. The van der Waals surface area contributed by atoms with E-state index in [2.05, 4.69) is 0 Å². The van der Waals surface area contributed by atoms with Crippen LogP contribution < -0.4 is 9.64 Å². The van der Waals surface area contributed by atoms with Gasteiger partial charge in [-0.25, -0.2) is 4.90 Å². The van der Waals surface area contributed by atoms with Gasteiger partial charge < -0.3 is 9.64 Å². The zero-order chi connectivity index (χ0) is 23.8. The Bertz CT molecular complexity index is 1280. The number of carbonyl (C=O) groups is 4. The minimum absolute atomic E-state index is 0.0806. The Labute approximate surface area is 196 Å². The van der Waals surface area contributed by atoms with E-state index in [1.165, 1.54) is 0 Å². The SMILES string of the molecule is Cc1cc(OC(=O)[C@H]2CC(=O)N(Cc3ccccc3)C2)ccc1N1C(=O)c2ccccc2C1=O. The predicted molar refractivity (Wildman–Crippen MR) is 124 cm³/mol. The third-order valence-corrected chi connectivity index (χ3v) is 6.19. The van der Waals surface area contributed by atoms with E-state index in [-0.39, 0.29) is 24.1 Å². The molecular formula is C27H22N2O5. The van der Waals surface area contributed by atoms with Gasteiger partial charge in [0.15, 0.2) is 0 Å².